The van der Waals surface area contributed by atoms with Gasteiger partial charge in [-0.1, -0.05) is 0 Å². The van der Waals surface area contributed by atoms with Gasteiger partial charge in [-0.15, -0.1) is 0 Å². The van der Waals surface area contributed by atoms with Crippen molar-refractivity contribution in [2.24, 2.45) is 0 Å². The van der Waals surface area contributed by atoms with E-state index in [2.05, 4.69) is 0 Å². The highest BCUT2D eigenvalue weighted by atomic mass is 16.8. The Kier molecular flexibility index (Phi) is 16.7. The summed E-state index contributed by atoms with van der Waals surface area (Å²) in [6.07, 6.45) is -10.2. The maximum atomic E-state index is 6.62. The van der Waals surface area contributed by atoms with Crippen LogP contribution in [0.3, 0.4) is 0 Å². The first kappa shape index (κ1) is 38.8. The summed E-state index contributed by atoms with van der Waals surface area (Å²) in [4.78, 5) is 0. The lowest BCUT2D eigenvalue weighted by molar-refractivity contribution is -0.398. The van der Waals surface area contributed by atoms with Crippen LogP contribution in [-0.4, -0.2) is 190 Å². The Balaban J connectivity index is 1.90. The molecule has 45 heavy (non-hydrogen) atoms. The van der Waals surface area contributed by atoms with Crippen molar-refractivity contribution in [1.29, 1.82) is 0 Å². The molecule has 3 fully saturated rings. The van der Waals surface area contributed by atoms with Crippen molar-refractivity contribution in [2.45, 2.75) is 92.1 Å². The Labute approximate surface area is 266 Å². The smallest absolute Gasteiger partial charge is 0.190 e. The Morgan fingerprint density at radius 3 is 0.867 bits per heavy atom. The van der Waals surface area contributed by atoms with Crippen LogP contribution in [0, 0.1) is 0 Å². The number of methoxy groups -OCH3 is 11. The molecule has 3 saturated heterocycles. The van der Waals surface area contributed by atoms with Gasteiger partial charge in [0.15, 0.2) is 18.9 Å². The van der Waals surface area contributed by atoms with Crippen molar-refractivity contribution in [3.8, 4) is 0 Å². The van der Waals surface area contributed by atoms with Crippen LogP contribution < -0.4 is 0 Å². The summed E-state index contributed by atoms with van der Waals surface area (Å²) in [6.45, 7) is 0.592. The third-order valence-corrected chi connectivity index (χ3v) is 8.50. The van der Waals surface area contributed by atoms with Gasteiger partial charge in [0.25, 0.3) is 0 Å². The van der Waals surface area contributed by atoms with Gasteiger partial charge < -0.3 is 75.8 Å². The molecular weight excluding hydrogens is 604 g/mol. The fourth-order valence-electron chi connectivity index (χ4n) is 6.43. The molecule has 0 spiro atoms. The molecule has 0 amide bonds. The van der Waals surface area contributed by atoms with Crippen LogP contribution in [-0.2, 0) is 75.8 Å². The highest BCUT2D eigenvalue weighted by Gasteiger charge is 2.55. The van der Waals surface area contributed by atoms with Crippen LogP contribution in [0.1, 0.15) is 0 Å². The van der Waals surface area contributed by atoms with Crippen molar-refractivity contribution in [1.82, 2.24) is 0 Å². The van der Waals surface area contributed by atoms with Crippen LogP contribution in [0.4, 0.5) is 0 Å². The second-order valence-electron chi connectivity index (χ2n) is 10.8. The van der Waals surface area contributed by atoms with Crippen molar-refractivity contribution >= 4 is 0 Å². The van der Waals surface area contributed by atoms with E-state index in [9.17, 15) is 0 Å². The summed E-state index contributed by atoms with van der Waals surface area (Å²) in [7, 11) is 17.2. The molecule has 0 bridgehead atoms. The zero-order valence-electron chi connectivity index (χ0n) is 28.3. The highest BCUT2D eigenvalue weighted by molar-refractivity contribution is 4.98. The predicted octanol–water partition coefficient (Wildman–Crippen LogP) is -0.378. The third-order valence-electron chi connectivity index (χ3n) is 8.50. The topological polar surface area (TPSA) is 148 Å². The molecule has 16 heteroatoms. The molecule has 0 aromatic carbocycles. The maximum Gasteiger partial charge on any atom is 0.190 e. The molecular formula is C29H54O16. The van der Waals surface area contributed by atoms with Gasteiger partial charge in [0.05, 0.1) is 19.8 Å². The average Bonchev–Trinajstić information content (AvgIpc) is 3.05. The van der Waals surface area contributed by atoms with Crippen LogP contribution >= 0.6 is 0 Å². The van der Waals surface area contributed by atoms with Gasteiger partial charge in [-0.2, -0.15) is 0 Å². The summed E-state index contributed by atoms with van der Waals surface area (Å²) in [5, 5.41) is 0. The van der Waals surface area contributed by atoms with Crippen LogP contribution in [0.15, 0.2) is 0 Å². The molecule has 0 unspecified atom stereocenters. The van der Waals surface area contributed by atoms with Gasteiger partial charge in [0.1, 0.15) is 73.2 Å². The Morgan fingerprint density at radius 2 is 0.578 bits per heavy atom. The monoisotopic (exact) mass is 658 g/mol. The molecule has 0 aromatic heterocycles. The van der Waals surface area contributed by atoms with Gasteiger partial charge in [-0.05, 0) is 0 Å². The Hall–Kier alpha value is -0.640. The molecule has 3 heterocycles. The molecule has 3 aliphatic rings. The van der Waals surface area contributed by atoms with E-state index < -0.39 is 92.1 Å². The van der Waals surface area contributed by atoms with Crippen LogP contribution in [0.5, 0.6) is 0 Å². The third kappa shape index (κ3) is 8.70. The van der Waals surface area contributed by atoms with Gasteiger partial charge >= 0.3 is 0 Å². The molecule has 0 radical (unpaired) electrons. The minimum Gasteiger partial charge on any atom is -0.382 e. The number of hydrogen-bond donors (Lipinski definition) is 0. The fraction of sp³-hybridized carbons (Fsp3) is 1.00. The Morgan fingerprint density at radius 1 is 0.311 bits per heavy atom. The zero-order chi connectivity index (χ0) is 33.1. The van der Waals surface area contributed by atoms with E-state index in [-0.39, 0.29) is 19.8 Å². The molecule has 0 saturated carbocycles. The molecule has 15 atom stereocenters. The standard InChI is InChI=1S/C29H54O16/c1-30-12-15-18(33-4)21(35-6)24(38-9)27(41-15)44-20-17(14-32-3)43-29(26(40-11)23(20)37-8)45-28-25(39-10)22(36-7)19(34-5)16(42-28)13-31-2/h15-29H,12-14H2,1-11H3/t15-,16-,17-,18-,19-,20-,21+,22+,23+,24-,25-,26-,27+,28-,29-/m1/s1. The molecule has 3 rings (SSSR count). The fourth-order valence-corrected chi connectivity index (χ4v) is 6.43. The predicted molar refractivity (Wildman–Crippen MR) is 154 cm³/mol. The Bertz CT molecular complexity index is 810. The van der Waals surface area contributed by atoms with E-state index in [1.807, 2.05) is 0 Å². The van der Waals surface area contributed by atoms with E-state index in [4.69, 9.17) is 75.8 Å². The number of hydrogen-bond acceptors (Lipinski definition) is 16. The molecule has 266 valence electrons. The van der Waals surface area contributed by atoms with Crippen molar-refractivity contribution in [3.63, 3.8) is 0 Å². The van der Waals surface area contributed by atoms with E-state index in [1.165, 1.54) is 7.11 Å². The van der Waals surface area contributed by atoms with E-state index in [0.29, 0.717) is 0 Å². The quantitative estimate of drug-likeness (QED) is 0.188. The van der Waals surface area contributed by atoms with E-state index in [1.54, 1.807) is 71.1 Å². The van der Waals surface area contributed by atoms with Crippen LogP contribution in [0.25, 0.3) is 0 Å². The van der Waals surface area contributed by atoms with Gasteiger partial charge in [0.2, 0.25) is 0 Å². The molecule has 0 N–H and O–H groups in total. The van der Waals surface area contributed by atoms with Crippen LogP contribution in [0.2, 0.25) is 0 Å². The minimum atomic E-state index is -1.00. The SMILES string of the molecule is COC[C@H]1O[C@@H](O[C@H]2[C@H](OC)[C@@H](OC)[C@@H](O[C@H]3O[C@H](COC)[C@@H](OC)[C@H](OC)[C@H]3OC)O[C@@H]2COC)[C@H](OC)[C@@H](OC)[C@@H]1OC. The molecule has 3 aliphatic heterocycles. The lowest BCUT2D eigenvalue weighted by Crippen LogP contribution is -2.67. The largest absolute Gasteiger partial charge is 0.382 e. The van der Waals surface area contributed by atoms with Gasteiger partial charge in [0, 0.05) is 78.2 Å². The second kappa shape index (κ2) is 19.4. The van der Waals surface area contributed by atoms with Crippen molar-refractivity contribution < 1.29 is 75.8 Å². The highest BCUT2D eigenvalue weighted by Crippen LogP contribution is 2.36. The minimum absolute atomic E-state index is 0.124. The normalized spacial score (nSPS) is 42.6. The summed E-state index contributed by atoms with van der Waals surface area (Å²) in [5.41, 5.74) is 0. The summed E-state index contributed by atoms with van der Waals surface area (Å²) in [5.74, 6) is 0. The molecule has 16 nitrogen and oxygen atoms in total. The first-order valence-corrected chi connectivity index (χ1v) is 14.8. The summed E-state index contributed by atoms with van der Waals surface area (Å²) in [6, 6.07) is 0. The lowest BCUT2D eigenvalue weighted by atomic mass is 9.96. The zero-order valence-corrected chi connectivity index (χ0v) is 28.3. The summed E-state index contributed by atoms with van der Waals surface area (Å²) < 4.78 is 95.0. The van der Waals surface area contributed by atoms with E-state index >= 15 is 0 Å². The van der Waals surface area contributed by atoms with Crippen molar-refractivity contribution in [3.05, 3.63) is 0 Å². The van der Waals surface area contributed by atoms with Gasteiger partial charge in [-0.25, -0.2) is 0 Å². The van der Waals surface area contributed by atoms with Crippen molar-refractivity contribution in [2.75, 3.05) is 98.0 Å². The molecule has 0 aromatic rings. The first-order chi connectivity index (χ1) is 21.9. The maximum absolute atomic E-state index is 6.62. The van der Waals surface area contributed by atoms with Gasteiger partial charge in [-0.3, -0.25) is 0 Å². The average molecular weight is 659 g/mol. The molecule has 0 aliphatic carbocycles. The lowest BCUT2D eigenvalue weighted by Gasteiger charge is -2.50. The van der Waals surface area contributed by atoms with E-state index in [0.717, 1.165) is 0 Å². The second-order valence-corrected chi connectivity index (χ2v) is 10.8. The first-order valence-electron chi connectivity index (χ1n) is 14.8. The number of rotatable bonds is 18. The number of ether oxygens (including phenoxy) is 16. The summed E-state index contributed by atoms with van der Waals surface area (Å²) >= 11 is 0.